The van der Waals surface area contributed by atoms with Crippen molar-refractivity contribution in [3.63, 3.8) is 0 Å². The highest BCUT2D eigenvalue weighted by Crippen LogP contribution is 2.33. The Labute approximate surface area is 134 Å². The SMILES string of the molecule is CC(Cc1nc(C2CCCCC2)cs1)CN1CCCCC1. The van der Waals surface area contributed by atoms with Gasteiger partial charge in [-0.25, -0.2) is 4.98 Å². The van der Waals surface area contributed by atoms with Crippen molar-refractivity contribution in [3.05, 3.63) is 16.1 Å². The quantitative estimate of drug-likeness (QED) is 0.772. The normalized spacial score (nSPS) is 23.3. The van der Waals surface area contributed by atoms with Gasteiger partial charge in [0.05, 0.1) is 10.7 Å². The molecule has 2 nitrogen and oxygen atoms in total. The first-order valence-electron chi connectivity index (χ1n) is 8.98. The summed E-state index contributed by atoms with van der Waals surface area (Å²) in [6, 6.07) is 0. The van der Waals surface area contributed by atoms with Gasteiger partial charge in [0.2, 0.25) is 0 Å². The van der Waals surface area contributed by atoms with Crippen molar-refractivity contribution in [2.45, 2.75) is 70.6 Å². The Bertz CT molecular complexity index is 417. The third kappa shape index (κ3) is 4.53. The molecule has 1 saturated carbocycles. The highest BCUT2D eigenvalue weighted by Gasteiger charge is 2.19. The maximum Gasteiger partial charge on any atom is 0.0931 e. The third-order valence-corrected chi connectivity index (χ3v) is 6.02. The number of nitrogens with zero attached hydrogens (tertiary/aromatic N) is 2. The molecule has 118 valence electrons. The van der Waals surface area contributed by atoms with Gasteiger partial charge in [0.15, 0.2) is 0 Å². The van der Waals surface area contributed by atoms with Crippen LogP contribution in [0.25, 0.3) is 0 Å². The van der Waals surface area contributed by atoms with Gasteiger partial charge in [-0.3, -0.25) is 0 Å². The molecule has 1 unspecified atom stereocenters. The third-order valence-electron chi connectivity index (χ3n) is 5.13. The second-order valence-electron chi connectivity index (χ2n) is 7.17. The highest BCUT2D eigenvalue weighted by molar-refractivity contribution is 7.09. The average molecular weight is 307 g/mol. The monoisotopic (exact) mass is 306 g/mol. The molecule has 1 aromatic heterocycles. The number of likely N-dealkylation sites (tertiary alicyclic amines) is 1. The highest BCUT2D eigenvalue weighted by atomic mass is 32.1. The minimum Gasteiger partial charge on any atom is -0.303 e. The van der Waals surface area contributed by atoms with Crippen LogP contribution >= 0.6 is 11.3 Å². The van der Waals surface area contributed by atoms with Gasteiger partial charge in [-0.05, 0) is 44.7 Å². The van der Waals surface area contributed by atoms with E-state index >= 15 is 0 Å². The van der Waals surface area contributed by atoms with E-state index < -0.39 is 0 Å². The van der Waals surface area contributed by atoms with Crippen LogP contribution in [0.3, 0.4) is 0 Å². The second-order valence-corrected chi connectivity index (χ2v) is 8.11. The molecule has 2 fully saturated rings. The first kappa shape index (κ1) is 15.5. The molecule has 0 radical (unpaired) electrons. The topological polar surface area (TPSA) is 16.1 Å². The summed E-state index contributed by atoms with van der Waals surface area (Å²) in [6.45, 7) is 6.29. The molecule has 1 aliphatic carbocycles. The predicted octanol–water partition coefficient (Wildman–Crippen LogP) is 4.86. The van der Waals surface area contributed by atoms with E-state index in [1.165, 1.54) is 88.1 Å². The maximum absolute atomic E-state index is 4.97. The predicted molar refractivity (Wildman–Crippen MR) is 91.1 cm³/mol. The summed E-state index contributed by atoms with van der Waals surface area (Å²) in [6.07, 6.45) is 12.4. The second kappa shape index (κ2) is 7.73. The summed E-state index contributed by atoms with van der Waals surface area (Å²) in [5.74, 6) is 1.51. The fourth-order valence-electron chi connectivity index (χ4n) is 3.95. The van der Waals surface area contributed by atoms with Gasteiger partial charge < -0.3 is 4.90 Å². The molecular weight excluding hydrogens is 276 g/mol. The zero-order chi connectivity index (χ0) is 14.5. The van der Waals surface area contributed by atoms with Gasteiger partial charge >= 0.3 is 0 Å². The Kier molecular flexibility index (Phi) is 5.70. The first-order chi connectivity index (χ1) is 10.3. The first-order valence-corrected chi connectivity index (χ1v) is 9.86. The molecule has 3 heteroatoms. The number of hydrogen-bond donors (Lipinski definition) is 0. The molecule has 0 amide bonds. The van der Waals surface area contributed by atoms with Crippen LogP contribution in [0.1, 0.15) is 74.9 Å². The summed E-state index contributed by atoms with van der Waals surface area (Å²) in [7, 11) is 0. The van der Waals surface area contributed by atoms with E-state index in [2.05, 4.69) is 17.2 Å². The fourth-order valence-corrected chi connectivity index (χ4v) is 4.99. The number of rotatable bonds is 5. The molecule has 2 aliphatic rings. The van der Waals surface area contributed by atoms with Crippen molar-refractivity contribution in [1.82, 2.24) is 9.88 Å². The van der Waals surface area contributed by atoms with Crippen LogP contribution in [0.5, 0.6) is 0 Å². The largest absolute Gasteiger partial charge is 0.303 e. The lowest BCUT2D eigenvalue weighted by atomic mass is 9.87. The van der Waals surface area contributed by atoms with Gasteiger partial charge in [-0.15, -0.1) is 11.3 Å². The van der Waals surface area contributed by atoms with E-state index in [1.807, 2.05) is 11.3 Å². The van der Waals surface area contributed by atoms with Gasteiger partial charge in [0.25, 0.3) is 0 Å². The number of thiazole rings is 1. The summed E-state index contributed by atoms with van der Waals surface area (Å²) in [5.41, 5.74) is 1.40. The van der Waals surface area contributed by atoms with E-state index in [-0.39, 0.29) is 0 Å². The summed E-state index contributed by atoms with van der Waals surface area (Å²) >= 11 is 1.90. The molecule has 1 atom stereocenters. The van der Waals surface area contributed by atoms with Crippen molar-refractivity contribution >= 4 is 11.3 Å². The van der Waals surface area contributed by atoms with Crippen LogP contribution < -0.4 is 0 Å². The molecule has 3 rings (SSSR count). The molecule has 1 saturated heterocycles. The Balaban J connectivity index is 1.49. The van der Waals surface area contributed by atoms with Crippen molar-refractivity contribution in [3.8, 4) is 0 Å². The summed E-state index contributed by atoms with van der Waals surface area (Å²) in [4.78, 5) is 7.62. The van der Waals surface area contributed by atoms with Crippen LogP contribution in [-0.2, 0) is 6.42 Å². The van der Waals surface area contributed by atoms with E-state index in [4.69, 9.17) is 4.98 Å². The lowest BCUT2D eigenvalue weighted by Gasteiger charge is -2.28. The molecule has 0 aromatic carbocycles. The lowest BCUT2D eigenvalue weighted by Crippen LogP contribution is -2.34. The van der Waals surface area contributed by atoms with E-state index in [1.54, 1.807) is 0 Å². The molecular formula is C18H30N2S. The van der Waals surface area contributed by atoms with Crippen molar-refractivity contribution < 1.29 is 0 Å². The van der Waals surface area contributed by atoms with Crippen LogP contribution in [0.15, 0.2) is 5.38 Å². The van der Waals surface area contributed by atoms with Crippen LogP contribution in [0.2, 0.25) is 0 Å². The molecule has 0 bridgehead atoms. The van der Waals surface area contributed by atoms with Crippen LogP contribution in [0.4, 0.5) is 0 Å². The Morgan fingerprint density at radius 1 is 1.14 bits per heavy atom. The Hall–Kier alpha value is -0.410. The van der Waals surface area contributed by atoms with E-state index in [0.717, 1.165) is 11.8 Å². The minimum absolute atomic E-state index is 0.744. The minimum atomic E-state index is 0.744. The van der Waals surface area contributed by atoms with Crippen molar-refractivity contribution in [2.24, 2.45) is 5.92 Å². The van der Waals surface area contributed by atoms with Crippen LogP contribution in [0, 0.1) is 5.92 Å². The number of hydrogen-bond acceptors (Lipinski definition) is 3. The van der Waals surface area contributed by atoms with Gasteiger partial charge in [0.1, 0.15) is 0 Å². The van der Waals surface area contributed by atoms with Crippen molar-refractivity contribution in [1.29, 1.82) is 0 Å². The Morgan fingerprint density at radius 3 is 2.62 bits per heavy atom. The van der Waals surface area contributed by atoms with E-state index in [9.17, 15) is 0 Å². The fraction of sp³-hybridized carbons (Fsp3) is 0.833. The number of aromatic nitrogens is 1. The van der Waals surface area contributed by atoms with Gasteiger partial charge in [-0.2, -0.15) is 0 Å². The zero-order valence-electron chi connectivity index (χ0n) is 13.5. The van der Waals surface area contributed by atoms with E-state index in [0.29, 0.717) is 0 Å². The van der Waals surface area contributed by atoms with Crippen molar-refractivity contribution in [2.75, 3.05) is 19.6 Å². The molecule has 0 spiro atoms. The standard InChI is InChI=1S/C18H30N2S/c1-15(13-20-10-6-3-7-11-20)12-18-19-17(14-21-18)16-8-4-2-5-9-16/h14-16H,2-13H2,1H3. The number of piperidine rings is 1. The summed E-state index contributed by atoms with van der Waals surface area (Å²) in [5, 5.41) is 3.72. The smallest absolute Gasteiger partial charge is 0.0931 e. The summed E-state index contributed by atoms with van der Waals surface area (Å²) < 4.78 is 0. The lowest BCUT2D eigenvalue weighted by molar-refractivity contribution is 0.200. The molecule has 2 heterocycles. The average Bonchev–Trinajstić information content (AvgIpc) is 2.97. The molecule has 0 N–H and O–H groups in total. The van der Waals surface area contributed by atoms with Gasteiger partial charge in [-0.1, -0.05) is 32.6 Å². The molecule has 21 heavy (non-hydrogen) atoms. The molecule has 1 aliphatic heterocycles. The zero-order valence-corrected chi connectivity index (χ0v) is 14.3. The Morgan fingerprint density at radius 2 is 1.86 bits per heavy atom. The van der Waals surface area contributed by atoms with Gasteiger partial charge in [0, 0.05) is 24.3 Å². The maximum atomic E-state index is 4.97. The van der Waals surface area contributed by atoms with Crippen LogP contribution in [-0.4, -0.2) is 29.5 Å². The molecule has 1 aromatic rings.